The van der Waals surface area contributed by atoms with E-state index in [4.69, 9.17) is 5.84 Å². The molecule has 1 atom stereocenters. The molecule has 0 amide bonds. The SMILES string of the molecule is C=C(CC)CC(NN)c1cccc(C(F)(F)F)c1F. The second-order valence-electron chi connectivity index (χ2n) is 4.23. The molecule has 1 unspecified atom stereocenters. The number of alkyl halides is 3. The highest BCUT2D eigenvalue weighted by molar-refractivity contribution is 5.31. The van der Waals surface area contributed by atoms with Gasteiger partial charge in [0.15, 0.2) is 0 Å². The molecule has 0 heterocycles. The number of hydrogen-bond acceptors (Lipinski definition) is 2. The summed E-state index contributed by atoms with van der Waals surface area (Å²) in [6.07, 6.45) is -3.79. The Labute approximate surface area is 109 Å². The van der Waals surface area contributed by atoms with Crippen LogP contribution in [-0.4, -0.2) is 0 Å². The first-order valence-electron chi connectivity index (χ1n) is 5.79. The van der Waals surface area contributed by atoms with E-state index in [1.165, 1.54) is 12.1 Å². The summed E-state index contributed by atoms with van der Waals surface area (Å²) in [4.78, 5) is 0. The largest absolute Gasteiger partial charge is 0.419 e. The van der Waals surface area contributed by atoms with Gasteiger partial charge in [-0.25, -0.2) is 4.39 Å². The third kappa shape index (κ3) is 3.78. The van der Waals surface area contributed by atoms with Crippen LogP contribution in [0.4, 0.5) is 17.6 Å². The topological polar surface area (TPSA) is 38.0 Å². The van der Waals surface area contributed by atoms with Crippen LogP contribution in [0.2, 0.25) is 0 Å². The second kappa shape index (κ2) is 6.16. The second-order valence-corrected chi connectivity index (χ2v) is 4.23. The van der Waals surface area contributed by atoms with Crippen molar-refractivity contribution in [1.82, 2.24) is 5.43 Å². The van der Waals surface area contributed by atoms with E-state index in [2.05, 4.69) is 12.0 Å². The Morgan fingerprint density at radius 1 is 1.42 bits per heavy atom. The van der Waals surface area contributed by atoms with Crippen molar-refractivity contribution in [3.8, 4) is 0 Å². The van der Waals surface area contributed by atoms with Crippen molar-refractivity contribution in [3.05, 3.63) is 47.3 Å². The number of hydrazine groups is 1. The van der Waals surface area contributed by atoms with Crippen molar-refractivity contribution in [2.45, 2.75) is 32.0 Å². The van der Waals surface area contributed by atoms with Gasteiger partial charge in [-0.3, -0.25) is 11.3 Å². The van der Waals surface area contributed by atoms with Gasteiger partial charge in [0.05, 0.1) is 11.6 Å². The molecule has 1 rings (SSSR count). The first kappa shape index (κ1) is 15.7. The maximum atomic E-state index is 13.9. The molecule has 3 N–H and O–H groups in total. The number of halogens is 4. The van der Waals surface area contributed by atoms with Crippen molar-refractivity contribution in [1.29, 1.82) is 0 Å². The Balaban J connectivity index is 3.15. The summed E-state index contributed by atoms with van der Waals surface area (Å²) in [7, 11) is 0. The molecule has 19 heavy (non-hydrogen) atoms. The highest BCUT2D eigenvalue weighted by Crippen LogP contribution is 2.34. The summed E-state index contributed by atoms with van der Waals surface area (Å²) in [6.45, 7) is 5.61. The molecule has 0 fully saturated rings. The number of rotatable bonds is 5. The Bertz CT molecular complexity index is 454. The minimum absolute atomic E-state index is 0.105. The lowest BCUT2D eigenvalue weighted by atomic mass is 9.96. The lowest BCUT2D eigenvalue weighted by molar-refractivity contribution is -0.140. The summed E-state index contributed by atoms with van der Waals surface area (Å²) < 4.78 is 51.8. The molecule has 0 radical (unpaired) electrons. The quantitative estimate of drug-likeness (QED) is 0.372. The van der Waals surface area contributed by atoms with E-state index >= 15 is 0 Å². The Morgan fingerprint density at radius 3 is 2.53 bits per heavy atom. The number of nitrogens with two attached hydrogens (primary N) is 1. The zero-order valence-electron chi connectivity index (χ0n) is 10.5. The summed E-state index contributed by atoms with van der Waals surface area (Å²) >= 11 is 0. The molecule has 0 aliphatic rings. The lowest BCUT2D eigenvalue weighted by Gasteiger charge is -2.20. The van der Waals surface area contributed by atoms with Gasteiger partial charge in [-0.1, -0.05) is 31.2 Å². The van der Waals surface area contributed by atoms with E-state index in [-0.39, 0.29) is 12.0 Å². The third-order valence-corrected chi connectivity index (χ3v) is 2.90. The molecule has 106 valence electrons. The lowest BCUT2D eigenvalue weighted by Crippen LogP contribution is -2.29. The van der Waals surface area contributed by atoms with E-state index in [1.54, 1.807) is 0 Å². The minimum Gasteiger partial charge on any atom is -0.271 e. The molecule has 0 bridgehead atoms. The third-order valence-electron chi connectivity index (χ3n) is 2.90. The molecule has 0 saturated carbocycles. The number of nitrogens with one attached hydrogen (secondary N) is 1. The molecule has 1 aromatic rings. The summed E-state index contributed by atoms with van der Waals surface area (Å²) in [5.74, 6) is 4.01. The monoisotopic (exact) mass is 276 g/mol. The van der Waals surface area contributed by atoms with Gasteiger partial charge >= 0.3 is 6.18 Å². The van der Waals surface area contributed by atoms with Gasteiger partial charge in [0.25, 0.3) is 0 Å². The van der Waals surface area contributed by atoms with Crippen LogP contribution in [0.1, 0.15) is 36.9 Å². The Hall–Kier alpha value is -1.40. The predicted octanol–water partition coefficient (Wildman–Crippen LogP) is 3.71. The van der Waals surface area contributed by atoms with Gasteiger partial charge < -0.3 is 0 Å². The summed E-state index contributed by atoms with van der Waals surface area (Å²) in [6, 6.07) is 2.44. The smallest absolute Gasteiger partial charge is 0.271 e. The van der Waals surface area contributed by atoms with E-state index < -0.39 is 23.6 Å². The fourth-order valence-corrected chi connectivity index (χ4v) is 1.73. The molecule has 0 saturated heterocycles. The van der Waals surface area contributed by atoms with E-state index in [9.17, 15) is 17.6 Å². The average Bonchev–Trinajstić information content (AvgIpc) is 2.34. The van der Waals surface area contributed by atoms with Crippen LogP contribution < -0.4 is 11.3 Å². The molecular formula is C13H16F4N2. The van der Waals surface area contributed by atoms with Crippen molar-refractivity contribution in [3.63, 3.8) is 0 Å². The van der Waals surface area contributed by atoms with Crippen molar-refractivity contribution in [2.75, 3.05) is 0 Å². The average molecular weight is 276 g/mol. The predicted molar refractivity (Wildman–Crippen MR) is 65.5 cm³/mol. The van der Waals surface area contributed by atoms with Gasteiger partial charge in [-0.15, -0.1) is 0 Å². The van der Waals surface area contributed by atoms with E-state index in [1.807, 2.05) is 6.92 Å². The highest BCUT2D eigenvalue weighted by atomic mass is 19.4. The van der Waals surface area contributed by atoms with Crippen LogP contribution in [0.5, 0.6) is 0 Å². The number of benzene rings is 1. The summed E-state index contributed by atoms with van der Waals surface area (Å²) in [5, 5.41) is 0. The molecule has 6 heteroatoms. The maximum Gasteiger partial charge on any atom is 0.419 e. The number of hydrogen-bond donors (Lipinski definition) is 2. The Morgan fingerprint density at radius 2 is 2.05 bits per heavy atom. The molecule has 0 aliphatic carbocycles. The van der Waals surface area contributed by atoms with Crippen molar-refractivity contribution >= 4 is 0 Å². The maximum absolute atomic E-state index is 13.9. The molecular weight excluding hydrogens is 260 g/mol. The molecule has 2 nitrogen and oxygen atoms in total. The molecule has 1 aromatic carbocycles. The van der Waals surface area contributed by atoms with Gasteiger partial charge in [0.2, 0.25) is 0 Å². The molecule has 0 spiro atoms. The van der Waals surface area contributed by atoms with Crippen molar-refractivity contribution < 1.29 is 17.6 Å². The first-order chi connectivity index (χ1) is 8.81. The Kier molecular flexibility index (Phi) is 5.08. The van der Waals surface area contributed by atoms with Crippen LogP contribution >= 0.6 is 0 Å². The van der Waals surface area contributed by atoms with Gasteiger partial charge in [-0.05, 0) is 18.9 Å². The molecule has 0 aliphatic heterocycles. The normalized spacial score (nSPS) is 13.4. The molecule has 0 aromatic heterocycles. The minimum atomic E-state index is -4.72. The zero-order valence-corrected chi connectivity index (χ0v) is 10.5. The highest BCUT2D eigenvalue weighted by Gasteiger charge is 2.35. The van der Waals surface area contributed by atoms with Gasteiger partial charge in [0, 0.05) is 5.56 Å². The zero-order chi connectivity index (χ0) is 14.6. The fraction of sp³-hybridized carbons (Fsp3) is 0.385. The van der Waals surface area contributed by atoms with Crippen LogP contribution in [0, 0.1) is 5.82 Å². The van der Waals surface area contributed by atoms with Gasteiger partial charge in [-0.2, -0.15) is 13.2 Å². The van der Waals surface area contributed by atoms with Crippen molar-refractivity contribution in [2.24, 2.45) is 5.84 Å². The first-order valence-corrected chi connectivity index (χ1v) is 5.79. The standard InChI is InChI=1S/C13H16F4N2/c1-3-8(2)7-11(19-18)9-5-4-6-10(12(9)14)13(15,16)17/h4-6,11,19H,2-3,7,18H2,1H3. The van der Waals surface area contributed by atoms with Crippen LogP contribution in [0.25, 0.3) is 0 Å². The van der Waals surface area contributed by atoms with Crippen LogP contribution in [-0.2, 0) is 6.18 Å². The van der Waals surface area contributed by atoms with Gasteiger partial charge in [0.1, 0.15) is 5.82 Å². The van der Waals surface area contributed by atoms with E-state index in [0.29, 0.717) is 12.5 Å². The van der Waals surface area contributed by atoms with Crippen LogP contribution in [0.15, 0.2) is 30.4 Å². The van der Waals surface area contributed by atoms with E-state index in [0.717, 1.165) is 5.57 Å². The summed E-state index contributed by atoms with van der Waals surface area (Å²) in [5.41, 5.74) is 1.72. The van der Waals surface area contributed by atoms with Crippen LogP contribution in [0.3, 0.4) is 0 Å². The fourth-order valence-electron chi connectivity index (χ4n) is 1.73.